The van der Waals surface area contributed by atoms with Crippen molar-refractivity contribution in [1.29, 1.82) is 0 Å². The maximum absolute atomic E-state index is 11.8. The van der Waals surface area contributed by atoms with Gasteiger partial charge in [-0.15, -0.1) is 0 Å². The van der Waals surface area contributed by atoms with E-state index in [9.17, 15) is 9.59 Å². The normalized spacial score (nSPS) is 10.8. The molecule has 2 aromatic carbocycles. The Morgan fingerprint density at radius 2 is 1.14 bits per heavy atom. The third kappa shape index (κ3) is 8.25. The smallest absolute Gasteiger partial charge is 0.240 e. The molecule has 2 amide bonds. The monoisotopic (exact) mass is 396 g/mol. The van der Waals surface area contributed by atoms with E-state index in [0.717, 1.165) is 22.6 Å². The number of rotatable bonds is 10. The third-order valence-electron chi connectivity index (χ3n) is 3.85. The molecule has 2 rings (SSSR count). The van der Waals surface area contributed by atoms with Gasteiger partial charge >= 0.3 is 0 Å². The van der Waals surface area contributed by atoms with E-state index in [1.807, 2.05) is 24.3 Å². The zero-order valence-corrected chi connectivity index (χ0v) is 16.4. The molecule has 0 atom stereocenters. The molecule has 0 spiro atoms. The van der Waals surface area contributed by atoms with E-state index in [-0.39, 0.29) is 24.7 Å². The van der Waals surface area contributed by atoms with Crippen LogP contribution in [0.25, 0.3) is 0 Å². The summed E-state index contributed by atoms with van der Waals surface area (Å²) in [6.07, 6.45) is 3.86. The van der Waals surface area contributed by atoms with Crippen molar-refractivity contribution in [2.24, 2.45) is 10.2 Å². The van der Waals surface area contributed by atoms with Crippen LogP contribution in [-0.2, 0) is 9.59 Å². The first kappa shape index (κ1) is 21.6. The predicted octanol–water partition coefficient (Wildman–Crippen LogP) is 2.47. The van der Waals surface area contributed by atoms with Gasteiger partial charge in [0.05, 0.1) is 26.6 Å². The summed E-state index contributed by atoms with van der Waals surface area (Å²) in [5.41, 5.74) is 6.54. The second kappa shape index (κ2) is 11.9. The molecule has 8 nitrogen and oxygen atoms in total. The summed E-state index contributed by atoms with van der Waals surface area (Å²) in [7, 11) is 3.19. The molecule has 0 saturated carbocycles. The van der Waals surface area contributed by atoms with Crippen molar-refractivity contribution >= 4 is 24.2 Å². The number of hydrogen-bond donors (Lipinski definition) is 2. The van der Waals surface area contributed by atoms with Gasteiger partial charge in [-0.25, -0.2) is 10.9 Å². The Labute approximate surface area is 169 Å². The highest BCUT2D eigenvalue weighted by molar-refractivity contribution is 5.84. The first-order valence-corrected chi connectivity index (χ1v) is 9.02. The minimum atomic E-state index is -0.260. The van der Waals surface area contributed by atoms with Gasteiger partial charge in [-0.3, -0.25) is 9.59 Å². The highest BCUT2D eigenvalue weighted by atomic mass is 16.5. The Morgan fingerprint density at radius 1 is 0.759 bits per heavy atom. The van der Waals surface area contributed by atoms with Crippen molar-refractivity contribution in [3.05, 3.63) is 59.7 Å². The number of nitrogens with zero attached hydrogens (tertiary/aromatic N) is 2. The summed E-state index contributed by atoms with van der Waals surface area (Å²) in [5.74, 6) is 0.976. The van der Waals surface area contributed by atoms with Gasteiger partial charge in [-0.05, 0) is 66.1 Å². The molecule has 0 bridgehead atoms. The molecule has 0 heterocycles. The Bertz CT molecular complexity index is 774. The van der Waals surface area contributed by atoms with E-state index in [0.29, 0.717) is 6.42 Å². The Balaban J connectivity index is 1.62. The molecule has 0 fully saturated rings. The number of carbonyl (C=O) groups is 2. The molecule has 0 radical (unpaired) electrons. The Hall–Kier alpha value is -3.68. The number of methoxy groups -OCH3 is 2. The molecule has 0 aromatic heterocycles. The second-order valence-corrected chi connectivity index (χ2v) is 5.99. The van der Waals surface area contributed by atoms with Crippen molar-refractivity contribution in [3.8, 4) is 11.5 Å². The van der Waals surface area contributed by atoms with E-state index >= 15 is 0 Å². The van der Waals surface area contributed by atoms with Gasteiger partial charge in [0.1, 0.15) is 11.5 Å². The zero-order valence-electron chi connectivity index (χ0n) is 16.4. The molecule has 8 heteroatoms. The average molecular weight is 396 g/mol. The topological polar surface area (TPSA) is 101 Å². The minimum absolute atomic E-state index is 0.190. The molecular formula is C21H24N4O4. The number of ether oxygens (including phenoxy) is 2. The van der Waals surface area contributed by atoms with Crippen LogP contribution in [0.15, 0.2) is 58.7 Å². The zero-order chi connectivity index (χ0) is 20.9. The first-order chi connectivity index (χ1) is 14.1. The van der Waals surface area contributed by atoms with E-state index in [1.165, 1.54) is 12.4 Å². The van der Waals surface area contributed by atoms with Gasteiger partial charge in [-0.2, -0.15) is 10.2 Å². The molecule has 2 N–H and O–H groups in total. The van der Waals surface area contributed by atoms with E-state index in [2.05, 4.69) is 21.1 Å². The number of hydrogen-bond acceptors (Lipinski definition) is 6. The molecule has 2 aromatic rings. The number of hydrazone groups is 2. The molecule has 0 aliphatic rings. The number of amides is 2. The standard InChI is InChI=1S/C21H24N4O4/c1-28-18-10-6-16(7-11-18)14-22-24-20(26)4-3-5-21(27)25-23-15-17-8-12-19(29-2)13-9-17/h6-15H,3-5H2,1-2H3,(H,24,26)(H,25,27)/b22-14+,23-15?. The molecule has 29 heavy (non-hydrogen) atoms. The molecule has 0 saturated heterocycles. The predicted molar refractivity (Wildman–Crippen MR) is 111 cm³/mol. The van der Waals surface area contributed by atoms with Crippen LogP contribution in [0.3, 0.4) is 0 Å². The summed E-state index contributed by atoms with van der Waals surface area (Å²) in [5, 5.41) is 7.78. The highest BCUT2D eigenvalue weighted by Gasteiger charge is 2.04. The Morgan fingerprint density at radius 3 is 1.48 bits per heavy atom. The SMILES string of the molecule is COc1ccc(C=NNC(=O)CCCC(=O)N/N=C/c2ccc(OC)cc2)cc1. The molecule has 0 aliphatic carbocycles. The first-order valence-electron chi connectivity index (χ1n) is 9.02. The van der Waals surface area contributed by atoms with E-state index < -0.39 is 0 Å². The van der Waals surface area contributed by atoms with E-state index in [4.69, 9.17) is 9.47 Å². The third-order valence-corrected chi connectivity index (χ3v) is 3.85. The van der Waals surface area contributed by atoms with E-state index in [1.54, 1.807) is 38.5 Å². The lowest BCUT2D eigenvalue weighted by atomic mass is 10.2. The minimum Gasteiger partial charge on any atom is -0.497 e. The fraction of sp³-hybridized carbons (Fsp3) is 0.238. The van der Waals surface area contributed by atoms with Crippen molar-refractivity contribution in [2.45, 2.75) is 19.3 Å². The lowest BCUT2D eigenvalue weighted by Gasteiger charge is -2.01. The van der Waals surface area contributed by atoms with Crippen molar-refractivity contribution < 1.29 is 19.1 Å². The second-order valence-electron chi connectivity index (χ2n) is 5.99. The van der Waals surface area contributed by atoms with Crippen molar-refractivity contribution in [3.63, 3.8) is 0 Å². The number of nitrogens with one attached hydrogen (secondary N) is 2. The summed E-state index contributed by atoms with van der Waals surface area (Å²) >= 11 is 0. The fourth-order valence-corrected chi connectivity index (χ4v) is 2.26. The van der Waals surface area contributed by atoms with Gasteiger partial charge in [0, 0.05) is 12.8 Å². The van der Waals surface area contributed by atoms with Crippen LogP contribution in [-0.4, -0.2) is 38.5 Å². The van der Waals surface area contributed by atoms with Crippen LogP contribution in [0.1, 0.15) is 30.4 Å². The van der Waals surface area contributed by atoms with Gasteiger partial charge in [0.25, 0.3) is 0 Å². The quantitative estimate of drug-likeness (QED) is 0.476. The molecular weight excluding hydrogens is 372 g/mol. The van der Waals surface area contributed by atoms with Crippen LogP contribution in [0.5, 0.6) is 11.5 Å². The molecule has 0 unspecified atom stereocenters. The van der Waals surface area contributed by atoms with Crippen LogP contribution in [0, 0.1) is 0 Å². The molecule has 0 aliphatic heterocycles. The summed E-state index contributed by atoms with van der Waals surface area (Å²) < 4.78 is 10.1. The van der Waals surface area contributed by atoms with Crippen molar-refractivity contribution in [1.82, 2.24) is 10.9 Å². The van der Waals surface area contributed by atoms with Crippen LogP contribution >= 0.6 is 0 Å². The lowest BCUT2D eigenvalue weighted by molar-refractivity contribution is -0.122. The van der Waals surface area contributed by atoms with Crippen LogP contribution in [0.2, 0.25) is 0 Å². The van der Waals surface area contributed by atoms with Crippen LogP contribution in [0.4, 0.5) is 0 Å². The summed E-state index contributed by atoms with van der Waals surface area (Å²) in [4.78, 5) is 23.5. The number of benzene rings is 2. The van der Waals surface area contributed by atoms with Crippen LogP contribution < -0.4 is 20.3 Å². The average Bonchev–Trinajstić information content (AvgIpc) is 2.75. The summed E-state index contributed by atoms with van der Waals surface area (Å²) in [6.45, 7) is 0. The number of carbonyl (C=O) groups excluding carboxylic acids is 2. The van der Waals surface area contributed by atoms with Gasteiger partial charge in [0.2, 0.25) is 11.8 Å². The molecule has 152 valence electrons. The Kier molecular flexibility index (Phi) is 8.88. The van der Waals surface area contributed by atoms with Gasteiger partial charge in [-0.1, -0.05) is 0 Å². The fourth-order valence-electron chi connectivity index (χ4n) is 2.26. The van der Waals surface area contributed by atoms with Crippen molar-refractivity contribution in [2.75, 3.05) is 14.2 Å². The lowest BCUT2D eigenvalue weighted by Crippen LogP contribution is -2.20. The van der Waals surface area contributed by atoms with Gasteiger partial charge in [0.15, 0.2) is 0 Å². The maximum atomic E-state index is 11.8. The summed E-state index contributed by atoms with van der Waals surface area (Å²) in [6, 6.07) is 14.5. The largest absolute Gasteiger partial charge is 0.497 e. The van der Waals surface area contributed by atoms with Gasteiger partial charge < -0.3 is 9.47 Å². The highest BCUT2D eigenvalue weighted by Crippen LogP contribution is 2.10. The maximum Gasteiger partial charge on any atom is 0.240 e.